The summed E-state index contributed by atoms with van der Waals surface area (Å²) >= 11 is 1.66. The molecule has 0 aliphatic carbocycles. The van der Waals surface area contributed by atoms with Crippen LogP contribution in [0.4, 0.5) is 5.69 Å². The van der Waals surface area contributed by atoms with Crippen LogP contribution in [-0.2, 0) is 11.3 Å². The SMILES string of the molecule is COc1ccccc1C1SCC(=O)N1Cc1ccc(N(C)C)cc1. The monoisotopic (exact) mass is 342 g/mol. The summed E-state index contributed by atoms with van der Waals surface area (Å²) in [5, 5.41) is 0.00201. The van der Waals surface area contributed by atoms with E-state index in [-0.39, 0.29) is 11.3 Å². The van der Waals surface area contributed by atoms with E-state index in [1.807, 2.05) is 43.3 Å². The van der Waals surface area contributed by atoms with Gasteiger partial charge in [-0.05, 0) is 23.8 Å². The lowest BCUT2D eigenvalue weighted by atomic mass is 10.1. The first-order valence-corrected chi connectivity index (χ1v) is 8.95. The van der Waals surface area contributed by atoms with E-state index in [1.165, 1.54) is 0 Å². The quantitative estimate of drug-likeness (QED) is 0.832. The Morgan fingerprint density at radius 1 is 1.17 bits per heavy atom. The summed E-state index contributed by atoms with van der Waals surface area (Å²) in [6.07, 6.45) is 0. The van der Waals surface area contributed by atoms with Crippen molar-refractivity contribution in [3.05, 3.63) is 59.7 Å². The van der Waals surface area contributed by atoms with Crippen molar-refractivity contribution in [2.24, 2.45) is 0 Å². The van der Waals surface area contributed by atoms with Crippen LogP contribution in [0, 0.1) is 0 Å². The summed E-state index contributed by atoms with van der Waals surface area (Å²) in [6, 6.07) is 16.3. The molecule has 1 heterocycles. The van der Waals surface area contributed by atoms with Gasteiger partial charge < -0.3 is 14.5 Å². The van der Waals surface area contributed by atoms with Crippen molar-refractivity contribution in [1.29, 1.82) is 0 Å². The standard InChI is InChI=1S/C19H22N2O2S/c1-20(2)15-10-8-14(9-11-15)12-21-18(22)13-24-19(21)16-6-4-5-7-17(16)23-3/h4-11,19H,12-13H2,1-3H3. The number of benzene rings is 2. The van der Waals surface area contributed by atoms with E-state index in [9.17, 15) is 4.79 Å². The zero-order valence-electron chi connectivity index (χ0n) is 14.2. The Balaban J connectivity index is 1.83. The lowest BCUT2D eigenvalue weighted by Gasteiger charge is -2.26. The number of amides is 1. The molecule has 0 N–H and O–H groups in total. The number of ether oxygens (including phenoxy) is 1. The zero-order valence-corrected chi connectivity index (χ0v) is 15.0. The van der Waals surface area contributed by atoms with Crippen LogP contribution in [0.3, 0.4) is 0 Å². The van der Waals surface area contributed by atoms with Crippen LogP contribution < -0.4 is 9.64 Å². The van der Waals surface area contributed by atoms with Crippen LogP contribution in [0.2, 0.25) is 0 Å². The molecule has 1 atom stereocenters. The lowest BCUT2D eigenvalue weighted by Crippen LogP contribution is -2.27. The average Bonchev–Trinajstić information content (AvgIpc) is 2.96. The number of para-hydroxylation sites is 1. The maximum Gasteiger partial charge on any atom is 0.234 e. The maximum atomic E-state index is 12.4. The highest BCUT2D eigenvalue weighted by atomic mass is 32.2. The molecule has 0 spiro atoms. The van der Waals surface area contributed by atoms with E-state index in [0.29, 0.717) is 12.3 Å². The molecular formula is C19H22N2O2S. The first kappa shape index (κ1) is 16.7. The van der Waals surface area contributed by atoms with Crippen molar-refractivity contribution in [3.63, 3.8) is 0 Å². The number of hydrogen-bond donors (Lipinski definition) is 0. The molecule has 1 fully saturated rings. The third-order valence-corrected chi connectivity index (χ3v) is 5.42. The summed E-state index contributed by atoms with van der Waals surface area (Å²) in [4.78, 5) is 16.4. The molecule has 24 heavy (non-hydrogen) atoms. The molecule has 126 valence electrons. The predicted molar refractivity (Wildman–Crippen MR) is 99.5 cm³/mol. The molecule has 1 unspecified atom stereocenters. The Morgan fingerprint density at radius 3 is 2.54 bits per heavy atom. The number of hydrogen-bond acceptors (Lipinski definition) is 4. The van der Waals surface area contributed by atoms with Gasteiger partial charge in [0.2, 0.25) is 5.91 Å². The zero-order chi connectivity index (χ0) is 17.1. The van der Waals surface area contributed by atoms with E-state index >= 15 is 0 Å². The number of carbonyl (C=O) groups is 1. The van der Waals surface area contributed by atoms with Crippen molar-refractivity contribution in [3.8, 4) is 5.75 Å². The second-order valence-corrected chi connectivity index (χ2v) is 7.06. The van der Waals surface area contributed by atoms with E-state index < -0.39 is 0 Å². The fraction of sp³-hybridized carbons (Fsp3) is 0.316. The molecule has 1 saturated heterocycles. The minimum absolute atomic E-state index is 0.00201. The van der Waals surface area contributed by atoms with Crippen molar-refractivity contribution in [2.75, 3.05) is 31.9 Å². The minimum Gasteiger partial charge on any atom is -0.496 e. The fourth-order valence-electron chi connectivity index (χ4n) is 2.85. The minimum atomic E-state index is 0.00201. The third kappa shape index (κ3) is 3.36. The van der Waals surface area contributed by atoms with Crippen molar-refractivity contribution >= 4 is 23.4 Å². The van der Waals surface area contributed by atoms with Gasteiger partial charge in [-0.1, -0.05) is 30.3 Å². The predicted octanol–water partition coefficient (Wildman–Crippen LogP) is 3.54. The van der Waals surface area contributed by atoms with Crippen molar-refractivity contribution < 1.29 is 9.53 Å². The Kier molecular flexibility index (Phi) is 5.00. The van der Waals surface area contributed by atoms with E-state index in [4.69, 9.17) is 4.74 Å². The molecule has 0 saturated carbocycles. The highest BCUT2D eigenvalue weighted by molar-refractivity contribution is 8.00. The molecule has 0 bridgehead atoms. The van der Waals surface area contributed by atoms with Gasteiger partial charge in [-0.25, -0.2) is 0 Å². The Morgan fingerprint density at radius 2 is 1.88 bits per heavy atom. The molecule has 0 radical (unpaired) electrons. The highest BCUT2D eigenvalue weighted by Crippen LogP contribution is 2.43. The highest BCUT2D eigenvalue weighted by Gasteiger charge is 2.34. The normalized spacial score (nSPS) is 17.2. The van der Waals surface area contributed by atoms with E-state index in [2.05, 4.69) is 29.2 Å². The lowest BCUT2D eigenvalue weighted by molar-refractivity contribution is -0.128. The van der Waals surface area contributed by atoms with Gasteiger partial charge in [0, 0.05) is 31.9 Å². The number of carbonyl (C=O) groups excluding carboxylic acids is 1. The molecular weight excluding hydrogens is 320 g/mol. The summed E-state index contributed by atoms with van der Waals surface area (Å²) < 4.78 is 5.48. The van der Waals surface area contributed by atoms with Crippen LogP contribution in [-0.4, -0.2) is 37.8 Å². The Bertz CT molecular complexity index is 716. The fourth-order valence-corrected chi connectivity index (χ4v) is 4.06. The number of rotatable bonds is 5. The first-order chi connectivity index (χ1) is 11.6. The molecule has 4 nitrogen and oxygen atoms in total. The molecule has 1 aliphatic rings. The van der Waals surface area contributed by atoms with Gasteiger partial charge in [0.1, 0.15) is 11.1 Å². The van der Waals surface area contributed by atoms with Crippen molar-refractivity contribution in [1.82, 2.24) is 4.90 Å². The molecule has 1 aliphatic heterocycles. The summed E-state index contributed by atoms with van der Waals surface area (Å²) in [5.41, 5.74) is 3.35. The van der Waals surface area contributed by atoms with E-state index in [0.717, 1.165) is 22.6 Å². The van der Waals surface area contributed by atoms with Gasteiger partial charge in [0.15, 0.2) is 0 Å². The topological polar surface area (TPSA) is 32.8 Å². The maximum absolute atomic E-state index is 12.4. The van der Waals surface area contributed by atoms with Crippen LogP contribution >= 0.6 is 11.8 Å². The Labute approximate surface area is 147 Å². The first-order valence-electron chi connectivity index (χ1n) is 7.90. The van der Waals surface area contributed by atoms with Gasteiger partial charge >= 0.3 is 0 Å². The second-order valence-electron chi connectivity index (χ2n) is 5.99. The smallest absolute Gasteiger partial charge is 0.234 e. The summed E-state index contributed by atoms with van der Waals surface area (Å²) in [7, 11) is 5.71. The van der Waals surface area contributed by atoms with Gasteiger partial charge in [-0.15, -0.1) is 11.8 Å². The molecule has 5 heteroatoms. The number of thioether (sulfide) groups is 1. The van der Waals surface area contributed by atoms with Crippen LogP contribution in [0.25, 0.3) is 0 Å². The number of nitrogens with zero attached hydrogens (tertiary/aromatic N) is 2. The van der Waals surface area contributed by atoms with Crippen LogP contribution in [0.5, 0.6) is 5.75 Å². The van der Waals surface area contributed by atoms with Gasteiger partial charge in [-0.3, -0.25) is 4.79 Å². The average molecular weight is 342 g/mol. The van der Waals surface area contributed by atoms with Crippen LogP contribution in [0.15, 0.2) is 48.5 Å². The van der Waals surface area contributed by atoms with Crippen molar-refractivity contribution in [2.45, 2.75) is 11.9 Å². The molecule has 1 amide bonds. The van der Waals surface area contributed by atoms with Crippen LogP contribution in [0.1, 0.15) is 16.5 Å². The summed E-state index contributed by atoms with van der Waals surface area (Å²) in [5.74, 6) is 1.52. The third-order valence-electron chi connectivity index (χ3n) is 4.18. The van der Waals surface area contributed by atoms with Gasteiger partial charge in [0.05, 0.1) is 12.9 Å². The molecule has 0 aromatic heterocycles. The molecule has 3 rings (SSSR count). The van der Waals surface area contributed by atoms with Gasteiger partial charge in [0.25, 0.3) is 0 Å². The van der Waals surface area contributed by atoms with E-state index in [1.54, 1.807) is 18.9 Å². The number of anilines is 1. The molecule has 2 aromatic rings. The largest absolute Gasteiger partial charge is 0.496 e. The second kappa shape index (κ2) is 7.18. The molecule has 2 aromatic carbocycles. The Hall–Kier alpha value is -2.14. The summed E-state index contributed by atoms with van der Waals surface area (Å²) in [6.45, 7) is 0.613. The van der Waals surface area contributed by atoms with Gasteiger partial charge in [-0.2, -0.15) is 0 Å². The number of methoxy groups -OCH3 is 1.